The van der Waals surface area contributed by atoms with Gasteiger partial charge in [-0.2, -0.15) is 0 Å². The molecule has 0 atom stereocenters. The number of nitrogens with zero attached hydrogens (tertiary/aromatic N) is 2. The van der Waals surface area contributed by atoms with Crippen LogP contribution in [0, 0.1) is 6.92 Å². The smallest absolute Gasteiger partial charge is 0.226 e. The summed E-state index contributed by atoms with van der Waals surface area (Å²) in [5.41, 5.74) is 1.90. The van der Waals surface area contributed by atoms with Gasteiger partial charge >= 0.3 is 0 Å². The van der Waals surface area contributed by atoms with E-state index < -0.39 is 0 Å². The molecule has 24 heavy (non-hydrogen) atoms. The number of hydrogen-bond acceptors (Lipinski definition) is 6. The molecule has 0 unspecified atom stereocenters. The first-order valence-electron chi connectivity index (χ1n) is 7.62. The van der Waals surface area contributed by atoms with Crippen LogP contribution in [-0.4, -0.2) is 22.4 Å². The van der Waals surface area contributed by atoms with Crippen molar-refractivity contribution in [1.29, 1.82) is 0 Å². The molecule has 0 saturated heterocycles. The van der Waals surface area contributed by atoms with Crippen molar-refractivity contribution in [1.82, 2.24) is 15.3 Å². The molecule has 0 aromatic carbocycles. The van der Waals surface area contributed by atoms with E-state index in [2.05, 4.69) is 26.7 Å². The van der Waals surface area contributed by atoms with E-state index in [-0.39, 0.29) is 5.91 Å². The summed E-state index contributed by atoms with van der Waals surface area (Å²) >= 11 is 3.18. The molecule has 0 spiro atoms. The highest BCUT2D eigenvalue weighted by Gasteiger charge is 2.08. The zero-order chi connectivity index (χ0) is 16.8. The Balaban J connectivity index is 1.47. The molecule has 0 bridgehead atoms. The number of nitrogens with one attached hydrogen (secondary N) is 2. The van der Waals surface area contributed by atoms with E-state index in [0.717, 1.165) is 28.6 Å². The fourth-order valence-electron chi connectivity index (χ4n) is 2.17. The van der Waals surface area contributed by atoms with Crippen molar-refractivity contribution >= 4 is 39.5 Å². The minimum atomic E-state index is -0.00270. The zero-order valence-electron chi connectivity index (χ0n) is 13.3. The Kier molecular flexibility index (Phi) is 5.55. The number of aryl methyl sites for hydroxylation is 1. The summed E-state index contributed by atoms with van der Waals surface area (Å²) in [5.74, 6) is 0.758. The van der Waals surface area contributed by atoms with E-state index in [0.29, 0.717) is 13.0 Å². The molecule has 0 fully saturated rings. The predicted octanol–water partition coefficient (Wildman–Crippen LogP) is 3.55. The molecule has 0 aliphatic rings. The summed E-state index contributed by atoms with van der Waals surface area (Å²) in [5, 5.41) is 10.8. The van der Waals surface area contributed by atoms with Gasteiger partial charge in [0.05, 0.1) is 12.1 Å². The van der Waals surface area contributed by atoms with E-state index in [1.807, 2.05) is 35.9 Å². The van der Waals surface area contributed by atoms with Crippen LogP contribution in [-0.2, 0) is 17.6 Å². The third-order valence-corrected chi connectivity index (χ3v) is 5.06. The third-order valence-electron chi connectivity index (χ3n) is 3.32. The van der Waals surface area contributed by atoms with Crippen LogP contribution in [0.25, 0.3) is 0 Å². The molecule has 5 nitrogen and oxygen atoms in total. The molecule has 0 aliphatic heterocycles. The second-order valence-electron chi connectivity index (χ2n) is 5.34. The minimum Gasteiger partial charge on any atom is -0.355 e. The Labute approximate surface area is 148 Å². The zero-order valence-corrected chi connectivity index (χ0v) is 14.9. The highest BCUT2D eigenvalue weighted by atomic mass is 32.1. The van der Waals surface area contributed by atoms with E-state index in [1.165, 1.54) is 16.2 Å². The number of thiazole rings is 1. The Hall–Kier alpha value is -2.25. The summed E-state index contributed by atoms with van der Waals surface area (Å²) in [6.07, 6.45) is 2.92. The number of thiophene rings is 1. The maximum absolute atomic E-state index is 12.0. The molecule has 0 saturated carbocycles. The maximum Gasteiger partial charge on any atom is 0.226 e. The Morgan fingerprint density at radius 3 is 3.00 bits per heavy atom. The van der Waals surface area contributed by atoms with Crippen molar-refractivity contribution < 1.29 is 4.79 Å². The molecule has 3 aromatic rings. The molecule has 3 heterocycles. The van der Waals surface area contributed by atoms with Crippen molar-refractivity contribution in [2.24, 2.45) is 0 Å². The highest BCUT2D eigenvalue weighted by Crippen LogP contribution is 2.20. The van der Waals surface area contributed by atoms with E-state index in [1.54, 1.807) is 17.5 Å². The second kappa shape index (κ2) is 8.03. The van der Waals surface area contributed by atoms with Gasteiger partial charge in [-0.3, -0.25) is 4.79 Å². The number of carbonyl (C=O) groups excluding carboxylic acids is 1. The van der Waals surface area contributed by atoms with Crippen LogP contribution in [0.15, 0.2) is 41.2 Å². The molecule has 3 aromatic heterocycles. The van der Waals surface area contributed by atoms with Gasteiger partial charge in [-0.1, -0.05) is 6.07 Å². The van der Waals surface area contributed by atoms with Crippen LogP contribution in [0.5, 0.6) is 0 Å². The highest BCUT2D eigenvalue weighted by molar-refractivity contribution is 7.13. The summed E-state index contributed by atoms with van der Waals surface area (Å²) in [4.78, 5) is 21.9. The Bertz CT molecular complexity index is 799. The number of pyridine rings is 1. The summed E-state index contributed by atoms with van der Waals surface area (Å²) in [6, 6.07) is 8.00. The lowest BCUT2D eigenvalue weighted by Gasteiger charge is -2.03. The summed E-state index contributed by atoms with van der Waals surface area (Å²) in [6.45, 7) is 2.67. The Morgan fingerprint density at radius 1 is 1.29 bits per heavy atom. The monoisotopic (exact) mass is 358 g/mol. The normalized spacial score (nSPS) is 10.5. The fraction of sp³-hybridized carbons (Fsp3) is 0.235. The predicted molar refractivity (Wildman–Crippen MR) is 99.1 cm³/mol. The van der Waals surface area contributed by atoms with Crippen molar-refractivity contribution in [2.75, 3.05) is 11.9 Å². The molecule has 124 valence electrons. The van der Waals surface area contributed by atoms with Crippen molar-refractivity contribution in [2.45, 2.75) is 19.8 Å². The lowest BCUT2D eigenvalue weighted by Crippen LogP contribution is -2.27. The average Bonchev–Trinajstić information content (AvgIpc) is 3.20. The van der Waals surface area contributed by atoms with Crippen LogP contribution in [0.3, 0.4) is 0 Å². The van der Waals surface area contributed by atoms with Gasteiger partial charge < -0.3 is 10.6 Å². The topological polar surface area (TPSA) is 66.9 Å². The lowest BCUT2D eigenvalue weighted by atomic mass is 10.3. The van der Waals surface area contributed by atoms with Gasteiger partial charge in [0.1, 0.15) is 5.82 Å². The molecule has 7 heteroatoms. The van der Waals surface area contributed by atoms with Crippen molar-refractivity contribution in [3.8, 4) is 0 Å². The maximum atomic E-state index is 12.0. The van der Waals surface area contributed by atoms with E-state index >= 15 is 0 Å². The largest absolute Gasteiger partial charge is 0.355 e. The molecule has 1 amide bonds. The standard InChI is InChI=1S/C17H18N4OS2/c1-12-4-6-18-15(9-12)21-17-20-13(11-24-17)10-16(22)19-7-5-14-3-2-8-23-14/h2-4,6,8-9,11H,5,7,10H2,1H3,(H,19,22)(H,18,20,21). The van der Waals surface area contributed by atoms with Gasteiger partial charge in [0, 0.05) is 23.0 Å². The number of amides is 1. The number of anilines is 2. The van der Waals surface area contributed by atoms with Crippen LogP contribution >= 0.6 is 22.7 Å². The van der Waals surface area contributed by atoms with Crippen molar-refractivity contribution in [3.05, 3.63) is 57.4 Å². The van der Waals surface area contributed by atoms with Crippen LogP contribution in [0.2, 0.25) is 0 Å². The van der Waals surface area contributed by atoms with Gasteiger partial charge in [-0.25, -0.2) is 9.97 Å². The summed E-state index contributed by atoms with van der Waals surface area (Å²) < 4.78 is 0. The minimum absolute atomic E-state index is 0.00270. The van der Waals surface area contributed by atoms with Crippen LogP contribution in [0.4, 0.5) is 10.9 Å². The molecule has 0 aliphatic carbocycles. The number of rotatable bonds is 7. The first-order valence-corrected chi connectivity index (χ1v) is 9.38. The molecular weight excluding hydrogens is 340 g/mol. The van der Waals surface area contributed by atoms with E-state index in [9.17, 15) is 4.79 Å². The average molecular weight is 358 g/mol. The molecular formula is C17H18N4OS2. The van der Waals surface area contributed by atoms with Gasteiger partial charge in [-0.05, 0) is 42.5 Å². The first-order chi connectivity index (χ1) is 11.7. The van der Waals surface area contributed by atoms with Gasteiger partial charge in [0.25, 0.3) is 0 Å². The lowest BCUT2D eigenvalue weighted by molar-refractivity contribution is -0.120. The Morgan fingerprint density at radius 2 is 2.21 bits per heavy atom. The van der Waals surface area contributed by atoms with E-state index in [4.69, 9.17) is 0 Å². The number of carbonyl (C=O) groups is 1. The number of hydrogen-bond donors (Lipinski definition) is 2. The molecule has 2 N–H and O–H groups in total. The van der Waals surface area contributed by atoms with Gasteiger partial charge in [-0.15, -0.1) is 22.7 Å². The first kappa shape index (κ1) is 16.6. The van der Waals surface area contributed by atoms with Gasteiger partial charge in [0.2, 0.25) is 5.91 Å². The second-order valence-corrected chi connectivity index (χ2v) is 7.23. The van der Waals surface area contributed by atoms with Crippen molar-refractivity contribution in [3.63, 3.8) is 0 Å². The van der Waals surface area contributed by atoms with Crippen LogP contribution in [0.1, 0.15) is 16.1 Å². The molecule has 0 radical (unpaired) electrons. The summed E-state index contributed by atoms with van der Waals surface area (Å²) in [7, 11) is 0. The fourth-order valence-corrected chi connectivity index (χ4v) is 3.59. The van der Waals surface area contributed by atoms with Gasteiger partial charge in [0.15, 0.2) is 5.13 Å². The molecule has 3 rings (SSSR count). The van der Waals surface area contributed by atoms with Crippen LogP contribution < -0.4 is 10.6 Å². The number of aromatic nitrogens is 2. The SMILES string of the molecule is Cc1ccnc(Nc2nc(CC(=O)NCCc3cccs3)cs2)c1. The quantitative estimate of drug-likeness (QED) is 0.678. The third kappa shape index (κ3) is 4.87.